The van der Waals surface area contributed by atoms with Crippen molar-refractivity contribution in [2.24, 2.45) is 16.9 Å². The normalized spacial score (nSPS) is 11.2. The Labute approximate surface area is 126 Å². The molecule has 0 aromatic heterocycles. The number of primary amides is 1. The van der Waals surface area contributed by atoms with Crippen LogP contribution in [-0.2, 0) is 11.3 Å². The standard InChI is InChI=1S/C16H25N3O2/c1-4-16(5-2,11-17)15(21)19(3)10-12-6-8-13(9-7-12)14(18)20/h6-9H,4-5,10-11,17H2,1-3H3,(H2,18,20). The lowest BCUT2D eigenvalue weighted by Gasteiger charge is -2.33. The van der Waals surface area contributed by atoms with Crippen LogP contribution >= 0.6 is 0 Å². The monoisotopic (exact) mass is 291 g/mol. The zero-order valence-electron chi connectivity index (χ0n) is 13.1. The lowest BCUT2D eigenvalue weighted by Crippen LogP contribution is -2.45. The Balaban J connectivity index is 2.82. The lowest BCUT2D eigenvalue weighted by atomic mass is 9.81. The Hall–Kier alpha value is -1.88. The van der Waals surface area contributed by atoms with E-state index >= 15 is 0 Å². The third-order valence-electron chi connectivity index (χ3n) is 4.20. The first kappa shape index (κ1) is 17.2. The molecule has 2 amide bonds. The number of carbonyl (C=O) groups excluding carboxylic acids is 2. The predicted molar refractivity (Wildman–Crippen MR) is 83.5 cm³/mol. The van der Waals surface area contributed by atoms with Crippen LogP contribution in [0.15, 0.2) is 24.3 Å². The second-order valence-corrected chi connectivity index (χ2v) is 5.41. The van der Waals surface area contributed by atoms with E-state index in [4.69, 9.17) is 11.5 Å². The van der Waals surface area contributed by atoms with Crippen molar-refractivity contribution in [1.82, 2.24) is 4.90 Å². The van der Waals surface area contributed by atoms with Gasteiger partial charge in [0.15, 0.2) is 0 Å². The maximum absolute atomic E-state index is 12.6. The van der Waals surface area contributed by atoms with Gasteiger partial charge in [0.1, 0.15) is 0 Å². The summed E-state index contributed by atoms with van der Waals surface area (Å²) in [7, 11) is 1.78. The van der Waals surface area contributed by atoms with Gasteiger partial charge in [0.2, 0.25) is 11.8 Å². The molecule has 1 rings (SSSR count). The third kappa shape index (κ3) is 3.82. The first-order valence-corrected chi connectivity index (χ1v) is 7.24. The Kier molecular flexibility index (Phi) is 5.90. The van der Waals surface area contributed by atoms with Gasteiger partial charge in [0.25, 0.3) is 0 Å². The fraction of sp³-hybridized carbons (Fsp3) is 0.500. The van der Waals surface area contributed by atoms with Gasteiger partial charge in [-0.25, -0.2) is 0 Å². The van der Waals surface area contributed by atoms with Gasteiger partial charge in [-0.3, -0.25) is 9.59 Å². The molecule has 0 saturated carbocycles. The fourth-order valence-corrected chi connectivity index (χ4v) is 2.45. The van der Waals surface area contributed by atoms with Gasteiger partial charge in [0.05, 0.1) is 5.41 Å². The maximum Gasteiger partial charge on any atom is 0.248 e. The highest BCUT2D eigenvalue weighted by Crippen LogP contribution is 2.27. The number of benzene rings is 1. The van der Waals surface area contributed by atoms with Gasteiger partial charge in [-0.1, -0.05) is 26.0 Å². The summed E-state index contributed by atoms with van der Waals surface area (Å²) >= 11 is 0. The second kappa shape index (κ2) is 7.22. The molecule has 0 unspecified atom stereocenters. The van der Waals surface area contributed by atoms with E-state index in [9.17, 15) is 9.59 Å². The van der Waals surface area contributed by atoms with Gasteiger partial charge in [0, 0.05) is 25.7 Å². The van der Waals surface area contributed by atoms with Crippen LogP contribution in [0.25, 0.3) is 0 Å². The van der Waals surface area contributed by atoms with Gasteiger partial charge in [-0.05, 0) is 30.5 Å². The Bertz CT molecular complexity index is 484. The van der Waals surface area contributed by atoms with E-state index in [1.807, 2.05) is 26.0 Å². The molecule has 0 spiro atoms. The number of amides is 2. The molecule has 0 saturated heterocycles. The number of nitrogens with two attached hydrogens (primary N) is 2. The van der Waals surface area contributed by atoms with E-state index in [1.165, 1.54) is 0 Å². The van der Waals surface area contributed by atoms with Crippen LogP contribution in [0, 0.1) is 5.41 Å². The predicted octanol–water partition coefficient (Wildman–Crippen LogP) is 1.51. The van der Waals surface area contributed by atoms with Gasteiger partial charge < -0.3 is 16.4 Å². The minimum Gasteiger partial charge on any atom is -0.366 e. The molecule has 21 heavy (non-hydrogen) atoms. The van der Waals surface area contributed by atoms with E-state index in [2.05, 4.69) is 0 Å². The van der Waals surface area contributed by atoms with Gasteiger partial charge in [-0.15, -0.1) is 0 Å². The molecule has 4 N–H and O–H groups in total. The summed E-state index contributed by atoms with van der Waals surface area (Å²) < 4.78 is 0. The number of hydrogen-bond acceptors (Lipinski definition) is 3. The van der Waals surface area contributed by atoms with Gasteiger partial charge in [-0.2, -0.15) is 0 Å². The summed E-state index contributed by atoms with van der Waals surface area (Å²) in [5, 5.41) is 0. The molecule has 0 aliphatic rings. The van der Waals surface area contributed by atoms with Crippen molar-refractivity contribution in [2.75, 3.05) is 13.6 Å². The Morgan fingerprint density at radius 2 is 1.67 bits per heavy atom. The quantitative estimate of drug-likeness (QED) is 0.798. The zero-order valence-corrected chi connectivity index (χ0v) is 13.1. The van der Waals surface area contributed by atoms with Crippen molar-refractivity contribution in [3.63, 3.8) is 0 Å². The number of hydrogen-bond donors (Lipinski definition) is 2. The summed E-state index contributed by atoms with van der Waals surface area (Å²) in [5.41, 5.74) is 12.0. The molecule has 5 heteroatoms. The highest BCUT2D eigenvalue weighted by molar-refractivity contribution is 5.92. The van der Waals surface area contributed by atoms with E-state index in [0.29, 0.717) is 18.7 Å². The van der Waals surface area contributed by atoms with Crippen LogP contribution in [0.5, 0.6) is 0 Å². The topological polar surface area (TPSA) is 89.4 Å². The zero-order chi connectivity index (χ0) is 16.0. The molecule has 0 aliphatic heterocycles. The van der Waals surface area contributed by atoms with Crippen LogP contribution in [0.2, 0.25) is 0 Å². The summed E-state index contributed by atoms with van der Waals surface area (Å²) in [6, 6.07) is 6.97. The van der Waals surface area contributed by atoms with Crippen molar-refractivity contribution < 1.29 is 9.59 Å². The van der Waals surface area contributed by atoms with Crippen molar-refractivity contribution in [3.8, 4) is 0 Å². The second-order valence-electron chi connectivity index (χ2n) is 5.41. The molecule has 0 fully saturated rings. The summed E-state index contributed by atoms with van der Waals surface area (Å²) in [4.78, 5) is 25.3. The fourth-order valence-electron chi connectivity index (χ4n) is 2.45. The summed E-state index contributed by atoms with van der Waals surface area (Å²) in [5.74, 6) is -0.390. The first-order chi connectivity index (χ1) is 9.90. The molecule has 0 atom stereocenters. The molecule has 1 aromatic carbocycles. The molecule has 0 radical (unpaired) electrons. The molecule has 0 bridgehead atoms. The van der Waals surface area contributed by atoms with E-state index in [-0.39, 0.29) is 5.91 Å². The number of carbonyl (C=O) groups is 2. The van der Waals surface area contributed by atoms with Crippen molar-refractivity contribution >= 4 is 11.8 Å². The van der Waals surface area contributed by atoms with Crippen LogP contribution in [-0.4, -0.2) is 30.3 Å². The van der Waals surface area contributed by atoms with E-state index in [0.717, 1.165) is 18.4 Å². The van der Waals surface area contributed by atoms with Gasteiger partial charge >= 0.3 is 0 Å². The Morgan fingerprint density at radius 1 is 1.14 bits per heavy atom. The highest BCUT2D eigenvalue weighted by atomic mass is 16.2. The molecule has 0 heterocycles. The van der Waals surface area contributed by atoms with Crippen LogP contribution in [0.1, 0.15) is 42.6 Å². The minimum atomic E-state index is -0.484. The number of nitrogens with zero attached hydrogens (tertiary/aromatic N) is 1. The van der Waals surface area contributed by atoms with Crippen molar-refractivity contribution in [3.05, 3.63) is 35.4 Å². The largest absolute Gasteiger partial charge is 0.366 e. The molecule has 1 aromatic rings. The number of rotatable bonds is 7. The molecule has 5 nitrogen and oxygen atoms in total. The molecular weight excluding hydrogens is 266 g/mol. The lowest BCUT2D eigenvalue weighted by molar-refractivity contribution is -0.141. The summed E-state index contributed by atoms with van der Waals surface area (Å²) in [6.07, 6.45) is 1.45. The summed E-state index contributed by atoms with van der Waals surface area (Å²) in [6.45, 7) is 4.82. The van der Waals surface area contributed by atoms with Crippen molar-refractivity contribution in [2.45, 2.75) is 33.2 Å². The van der Waals surface area contributed by atoms with E-state index < -0.39 is 11.3 Å². The van der Waals surface area contributed by atoms with E-state index in [1.54, 1.807) is 24.1 Å². The molecule has 116 valence electrons. The minimum absolute atomic E-state index is 0.0639. The molecule has 0 aliphatic carbocycles. The SMILES string of the molecule is CCC(CC)(CN)C(=O)N(C)Cc1ccc(C(N)=O)cc1. The Morgan fingerprint density at radius 3 is 2.05 bits per heavy atom. The smallest absolute Gasteiger partial charge is 0.248 e. The highest BCUT2D eigenvalue weighted by Gasteiger charge is 2.35. The maximum atomic E-state index is 12.6. The molecular formula is C16H25N3O2. The van der Waals surface area contributed by atoms with Crippen LogP contribution < -0.4 is 11.5 Å². The average Bonchev–Trinajstić information content (AvgIpc) is 2.50. The average molecular weight is 291 g/mol. The van der Waals surface area contributed by atoms with Crippen molar-refractivity contribution in [1.29, 1.82) is 0 Å². The third-order valence-corrected chi connectivity index (χ3v) is 4.20. The van der Waals surface area contributed by atoms with Crippen LogP contribution in [0.3, 0.4) is 0 Å². The van der Waals surface area contributed by atoms with Crippen LogP contribution in [0.4, 0.5) is 0 Å². The first-order valence-electron chi connectivity index (χ1n) is 7.24.